The van der Waals surface area contributed by atoms with Gasteiger partial charge in [0.05, 0.1) is 24.4 Å². The Morgan fingerprint density at radius 3 is 2.55 bits per heavy atom. The summed E-state index contributed by atoms with van der Waals surface area (Å²) in [6, 6.07) is 0.0848. The van der Waals surface area contributed by atoms with E-state index in [-0.39, 0.29) is 29.1 Å². The van der Waals surface area contributed by atoms with Crippen molar-refractivity contribution in [2.75, 3.05) is 13.1 Å². The number of fused-ring (bicyclic) bond motifs is 1. The van der Waals surface area contributed by atoms with Crippen LogP contribution in [0.1, 0.15) is 59.9 Å². The number of carbonyl (C=O) groups is 1. The van der Waals surface area contributed by atoms with E-state index in [0.717, 1.165) is 6.42 Å². The summed E-state index contributed by atoms with van der Waals surface area (Å²) >= 11 is 3.60. The summed E-state index contributed by atoms with van der Waals surface area (Å²) in [5, 5.41) is 15.9. The molecule has 1 unspecified atom stereocenters. The normalized spacial score (nSPS) is 18.7. The van der Waals surface area contributed by atoms with Gasteiger partial charge in [0.2, 0.25) is 0 Å². The maximum absolute atomic E-state index is 13.0. The average molecular weight is 498 g/mol. The van der Waals surface area contributed by atoms with Crippen LogP contribution in [0.3, 0.4) is 0 Å². The van der Waals surface area contributed by atoms with E-state index < -0.39 is 11.2 Å². The van der Waals surface area contributed by atoms with Gasteiger partial charge >= 0.3 is 6.09 Å². The van der Waals surface area contributed by atoms with Crippen molar-refractivity contribution in [3.05, 3.63) is 22.9 Å². The molecule has 1 N–H and O–H groups in total. The van der Waals surface area contributed by atoms with Gasteiger partial charge in [0.15, 0.2) is 5.65 Å². The number of likely N-dealkylation sites (tertiary alicyclic amines) is 1. The molecule has 172 valence electrons. The number of ether oxygens (including phenoxy) is 1. The Balaban J connectivity index is 1.75. The summed E-state index contributed by atoms with van der Waals surface area (Å²) in [5.41, 5.74) is -1.33. The van der Waals surface area contributed by atoms with Crippen LogP contribution in [-0.4, -0.2) is 64.6 Å². The lowest BCUT2D eigenvalue weighted by atomic mass is 9.91. The first-order valence-electron chi connectivity index (χ1n) is 10.7. The largest absolute Gasteiger partial charge is 0.444 e. The van der Waals surface area contributed by atoms with Crippen molar-refractivity contribution in [3.63, 3.8) is 0 Å². The Kier molecular flexibility index (Phi) is 6.81. The molecule has 1 amide bonds. The minimum absolute atomic E-state index is 0.0848. The molecule has 2 atom stereocenters. The molecule has 3 rings (SSSR count). The molecule has 31 heavy (non-hydrogen) atoms. The fraction of sp³-hybridized carbons (Fsp3) is 0.714. The van der Waals surface area contributed by atoms with Gasteiger partial charge < -0.3 is 14.7 Å². The number of hydrogen-bond donors (Lipinski definition) is 1. The lowest BCUT2D eigenvalue weighted by molar-refractivity contribution is -0.0419. The zero-order valence-corrected chi connectivity index (χ0v) is 20.4. The summed E-state index contributed by atoms with van der Waals surface area (Å²) in [6.07, 6.45) is 4.21. The Bertz CT molecular complexity index is 986. The lowest BCUT2D eigenvalue weighted by Gasteiger charge is -2.38. The second-order valence-corrected chi connectivity index (χ2v) is 10.8. The number of aliphatic hydroxyl groups is 1. The van der Waals surface area contributed by atoms with Crippen molar-refractivity contribution in [1.29, 1.82) is 0 Å². The fourth-order valence-corrected chi connectivity index (χ4v) is 4.52. The highest BCUT2D eigenvalue weighted by atomic mass is 79.9. The van der Waals surface area contributed by atoms with Crippen molar-refractivity contribution >= 4 is 33.1 Å². The molecule has 0 aliphatic carbocycles. The monoisotopic (exact) mass is 497 g/mol. The smallest absolute Gasteiger partial charge is 0.410 e. The molecule has 1 saturated heterocycles. The number of carbonyl (C=O) groups excluding carboxylic acids is 1. The van der Waals surface area contributed by atoms with Gasteiger partial charge in [-0.3, -0.25) is 9.36 Å². The molecule has 2 aromatic rings. The summed E-state index contributed by atoms with van der Waals surface area (Å²) in [4.78, 5) is 31.5. The Labute approximate surface area is 190 Å². The second kappa shape index (κ2) is 8.90. The topological polar surface area (TPSA) is 102 Å². The minimum Gasteiger partial charge on any atom is -0.444 e. The van der Waals surface area contributed by atoms with Gasteiger partial charge in [-0.15, -0.1) is 0 Å². The van der Waals surface area contributed by atoms with E-state index >= 15 is 0 Å². The fourth-order valence-electron chi connectivity index (χ4n) is 3.92. The molecule has 0 aromatic carbocycles. The molecule has 9 nitrogen and oxygen atoms in total. The summed E-state index contributed by atoms with van der Waals surface area (Å²) < 4.78 is 8.63. The van der Waals surface area contributed by atoms with Gasteiger partial charge in [-0.1, -0.05) is 29.8 Å². The van der Waals surface area contributed by atoms with Crippen LogP contribution in [0.15, 0.2) is 17.3 Å². The maximum atomic E-state index is 13.0. The van der Waals surface area contributed by atoms with E-state index in [1.807, 2.05) is 27.7 Å². The quantitative estimate of drug-likeness (QED) is 0.636. The van der Waals surface area contributed by atoms with Crippen molar-refractivity contribution in [3.8, 4) is 0 Å². The number of nitrogens with zero attached hydrogens (tertiary/aromatic N) is 5. The molecule has 1 aliphatic rings. The molecular formula is C21H32BrN5O4. The standard InChI is InChI=1S/C21H32BrN5O4/c1-6-16(14(2)22)27-17-15(11-24-27)18(28)26(13-23-17)12-21(30)7-9-25(10-8-21)19(29)31-20(3,4)5/h11,13-14,16,30H,6-10,12H2,1-5H3/t14-,16?/m1/s1. The van der Waals surface area contributed by atoms with E-state index in [1.54, 1.807) is 15.8 Å². The van der Waals surface area contributed by atoms with Crippen LogP contribution >= 0.6 is 15.9 Å². The van der Waals surface area contributed by atoms with Crippen LogP contribution in [0.25, 0.3) is 11.0 Å². The Hall–Kier alpha value is -1.94. The number of aromatic nitrogens is 4. The van der Waals surface area contributed by atoms with Crippen LogP contribution in [-0.2, 0) is 11.3 Å². The summed E-state index contributed by atoms with van der Waals surface area (Å²) in [5.74, 6) is 0. The predicted octanol–water partition coefficient (Wildman–Crippen LogP) is 3.09. The van der Waals surface area contributed by atoms with Crippen LogP contribution in [0.4, 0.5) is 4.79 Å². The van der Waals surface area contributed by atoms with Gasteiger partial charge in [0.25, 0.3) is 5.56 Å². The number of alkyl halides is 1. The van der Waals surface area contributed by atoms with E-state index in [2.05, 4.69) is 32.9 Å². The first-order valence-corrected chi connectivity index (χ1v) is 11.6. The second-order valence-electron chi connectivity index (χ2n) is 9.35. The third-order valence-electron chi connectivity index (χ3n) is 5.65. The highest BCUT2D eigenvalue weighted by molar-refractivity contribution is 9.09. The highest BCUT2D eigenvalue weighted by Crippen LogP contribution is 2.26. The van der Waals surface area contributed by atoms with Gasteiger partial charge in [-0.05, 0) is 40.0 Å². The van der Waals surface area contributed by atoms with Gasteiger partial charge in [0, 0.05) is 17.9 Å². The van der Waals surface area contributed by atoms with Gasteiger partial charge in [-0.2, -0.15) is 5.10 Å². The molecule has 0 saturated carbocycles. The van der Waals surface area contributed by atoms with Gasteiger partial charge in [0.1, 0.15) is 17.3 Å². The third-order valence-corrected chi connectivity index (χ3v) is 6.26. The molecular weight excluding hydrogens is 466 g/mol. The van der Waals surface area contributed by atoms with Crippen molar-refractivity contribution in [2.24, 2.45) is 0 Å². The molecule has 1 fully saturated rings. The van der Waals surface area contributed by atoms with E-state index in [1.165, 1.54) is 10.9 Å². The summed E-state index contributed by atoms with van der Waals surface area (Å²) in [6.45, 7) is 10.4. The summed E-state index contributed by atoms with van der Waals surface area (Å²) in [7, 11) is 0. The SMILES string of the molecule is CCC([C@@H](C)Br)n1ncc2c(=O)n(CC3(O)CCN(C(=O)OC(C)(C)C)CC3)cnc21. The minimum atomic E-state index is -1.09. The number of hydrogen-bond acceptors (Lipinski definition) is 6. The van der Waals surface area contributed by atoms with Crippen molar-refractivity contribution in [2.45, 2.75) is 82.5 Å². The van der Waals surface area contributed by atoms with E-state index in [4.69, 9.17) is 4.74 Å². The molecule has 0 radical (unpaired) electrons. The van der Waals surface area contributed by atoms with E-state index in [9.17, 15) is 14.7 Å². The van der Waals surface area contributed by atoms with Gasteiger partial charge in [-0.25, -0.2) is 14.5 Å². The molecule has 0 spiro atoms. The predicted molar refractivity (Wildman–Crippen MR) is 121 cm³/mol. The van der Waals surface area contributed by atoms with Crippen molar-refractivity contribution < 1.29 is 14.6 Å². The van der Waals surface area contributed by atoms with E-state index in [0.29, 0.717) is 37.0 Å². The third kappa shape index (κ3) is 5.28. The Morgan fingerprint density at radius 1 is 1.35 bits per heavy atom. The first-order chi connectivity index (χ1) is 14.4. The number of rotatable bonds is 5. The average Bonchev–Trinajstić information content (AvgIpc) is 3.08. The zero-order chi connectivity index (χ0) is 23.0. The first kappa shape index (κ1) is 23.7. The molecule has 3 heterocycles. The lowest BCUT2D eigenvalue weighted by Crippen LogP contribution is -2.50. The molecule has 2 aromatic heterocycles. The number of halogens is 1. The molecule has 0 bridgehead atoms. The van der Waals surface area contributed by atoms with Crippen LogP contribution in [0, 0.1) is 0 Å². The van der Waals surface area contributed by atoms with Crippen LogP contribution < -0.4 is 5.56 Å². The zero-order valence-electron chi connectivity index (χ0n) is 18.8. The number of piperidine rings is 1. The van der Waals surface area contributed by atoms with Crippen molar-refractivity contribution in [1.82, 2.24) is 24.2 Å². The number of amides is 1. The van der Waals surface area contributed by atoms with Crippen LogP contribution in [0.2, 0.25) is 0 Å². The Morgan fingerprint density at radius 2 is 2.00 bits per heavy atom. The maximum Gasteiger partial charge on any atom is 0.410 e. The molecule has 1 aliphatic heterocycles. The van der Waals surface area contributed by atoms with Crippen LogP contribution in [0.5, 0.6) is 0 Å². The highest BCUT2D eigenvalue weighted by Gasteiger charge is 2.36. The molecule has 10 heteroatoms.